The summed E-state index contributed by atoms with van der Waals surface area (Å²) >= 11 is 0. The van der Waals surface area contributed by atoms with Gasteiger partial charge in [-0.05, 0) is 24.5 Å². The number of likely N-dealkylation sites (tertiary alicyclic amines) is 1. The van der Waals surface area contributed by atoms with Crippen LogP contribution in [0.1, 0.15) is 36.1 Å². The van der Waals surface area contributed by atoms with Gasteiger partial charge in [-0.3, -0.25) is 9.48 Å². The van der Waals surface area contributed by atoms with Crippen LogP contribution < -0.4 is 0 Å². The largest absolute Gasteiger partial charge is 0.394 e. The van der Waals surface area contributed by atoms with Crippen LogP contribution in [0.25, 0.3) is 0 Å². The van der Waals surface area contributed by atoms with Crippen molar-refractivity contribution >= 4 is 5.91 Å². The van der Waals surface area contributed by atoms with Crippen LogP contribution in [0, 0.1) is 0 Å². The lowest BCUT2D eigenvalue weighted by atomic mass is 9.93. The number of benzene rings is 1. The molecule has 1 saturated heterocycles. The monoisotopic (exact) mass is 329 g/mol. The Morgan fingerprint density at radius 1 is 1.21 bits per heavy atom. The van der Waals surface area contributed by atoms with Gasteiger partial charge >= 0.3 is 0 Å². The van der Waals surface area contributed by atoms with Crippen LogP contribution in [-0.4, -0.2) is 50.5 Å². The molecule has 1 atom stereocenters. The molecule has 6 heteroatoms. The number of carbonyl (C=O) groups excluding carboxylic acids is 1. The number of aliphatic hydroxyl groups excluding tert-OH is 2. The van der Waals surface area contributed by atoms with E-state index in [4.69, 9.17) is 5.11 Å². The number of nitrogens with zero attached hydrogens (tertiary/aromatic N) is 3. The van der Waals surface area contributed by atoms with Crippen LogP contribution in [0.15, 0.2) is 42.6 Å². The lowest BCUT2D eigenvalue weighted by Gasteiger charge is -2.33. The maximum atomic E-state index is 12.5. The zero-order valence-corrected chi connectivity index (χ0v) is 13.6. The molecule has 0 unspecified atom stereocenters. The number of carbonyl (C=O) groups is 1. The molecule has 24 heavy (non-hydrogen) atoms. The molecular formula is C18H23N3O3. The number of rotatable bonds is 5. The van der Waals surface area contributed by atoms with Crippen molar-refractivity contribution in [3.8, 4) is 0 Å². The van der Waals surface area contributed by atoms with Gasteiger partial charge in [-0.1, -0.05) is 30.3 Å². The second-order valence-corrected chi connectivity index (χ2v) is 6.12. The predicted octanol–water partition coefficient (Wildman–Crippen LogP) is 1.31. The van der Waals surface area contributed by atoms with E-state index in [2.05, 4.69) is 5.10 Å². The normalized spacial score (nSPS) is 17.0. The topological polar surface area (TPSA) is 78.6 Å². The molecule has 0 radical (unpaired) electrons. The van der Waals surface area contributed by atoms with E-state index < -0.39 is 6.10 Å². The van der Waals surface area contributed by atoms with Gasteiger partial charge in [0.1, 0.15) is 0 Å². The Morgan fingerprint density at radius 3 is 2.58 bits per heavy atom. The standard InChI is InChI=1S/C18H23N3O3/c22-13-12-21-16(6-9-19-21)14-7-10-20(11-8-14)18(24)17(23)15-4-2-1-3-5-15/h1-6,9,14,17,22-23H,7-8,10-13H2/t17-/m0/s1. The fourth-order valence-electron chi connectivity index (χ4n) is 3.32. The molecule has 0 saturated carbocycles. The van der Waals surface area contributed by atoms with Crippen molar-refractivity contribution in [2.45, 2.75) is 31.4 Å². The van der Waals surface area contributed by atoms with Crippen LogP contribution in [0.5, 0.6) is 0 Å². The molecule has 1 aliphatic rings. The highest BCUT2D eigenvalue weighted by atomic mass is 16.3. The molecule has 0 bridgehead atoms. The zero-order chi connectivity index (χ0) is 16.9. The molecule has 3 rings (SSSR count). The fraction of sp³-hybridized carbons (Fsp3) is 0.444. The van der Waals surface area contributed by atoms with E-state index in [1.807, 2.05) is 28.9 Å². The smallest absolute Gasteiger partial charge is 0.256 e. The van der Waals surface area contributed by atoms with Gasteiger partial charge in [0.25, 0.3) is 5.91 Å². The van der Waals surface area contributed by atoms with Crippen molar-refractivity contribution in [1.29, 1.82) is 0 Å². The summed E-state index contributed by atoms with van der Waals surface area (Å²) in [7, 11) is 0. The quantitative estimate of drug-likeness (QED) is 0.867. The van der Waals surface area contributed by atoms with Crippen LogP contribution in [-0.2, 0) is 11.3 Å². The van der Waals surface area contributed by atoms with Gasteiger partial charge in [-0.2, -0.15) is 5.10 Å². The number of hydrogen-bond donors (Lipinski definition) is 2. The summed E-state index contributed by atoms with van der Waals surface area (Å²) in [5.41, 5.74) is 1.74. The molecule has 1 aliphatic heterocycles. The Bertz CT molecular complexity index is 663. The van der Waals surface area contributed by atoms with Crippen molar-refractivity contribution in [1.82, 2.24) is 14.7 Å². The lowest BCUT2D eigenvalue weighted by molar-refractivity contribution is -0.141. The molecule has 128 valence electrons. The molecular weight excluding hydrogens is 306 g/mol. The molecule has 1 fully saturated rings. The number of piperidine rings is 1. The maximum absolute atomic E-state index is 12.5. The first-order chi connectivity index (χ1) is 11.7. The van der Waals surface area contributed by atoms with E-state index in [0.29, 0.717) is 31.1 Å². The van der Waals surface area contributed by atoms with Gasteiger partial charge in [0.05, 0.1) is 13.2 Å². The highest BCUT2D eigenvalue weighted by molar-refractivity contribution is 5.82. The van der Waals surface area contributed by atoms with E-state index in [1.165, 1.54) is 0 Å². The Kier molecular flexibility index (Phi) is 5.27. The Hall–Kier alpha value is -2.18. The van der Waals surface area contributed by atoms with Crippen molar-refractivity contribution in [3.63, 3.8) is 0 Å². The summed E-state index contributed by atoms with van der Waals surface area (Å²) in [5.74, 6) is 0.0977. The third kappa shape index (κ3) is 3.49. The number of hydrogen-bond acceptors (Lipinski definition) is 4. The SMILES string of the molecule is O=C([C@@H](O)c1ccccc1)N1CCC(c2ccnn2CCO)CC1. The van der Waals surface area contributed by atoms with E-state index >= 15 is 0 Å². The van der Waals surface area contributed by atoms with Crippen molar-refractivity contribution in [2.24, 2.45) is 0 Å². The minimum atomic E-state index is -1.09. The van der Waals surface area contributed by atoms with Gasteiger partial charge in [0.15, 0.2) is 6.10 Å². The molecule has 6 nitrogen and oxygen atoms in total. The molecule has 1 aromatic carbocycles. The second kappa shape index (κ2) is 7.59. The number of amides is 1. The summed E-state index contributed by atoms with van der Waals surface area (Å²) in [6.07, 6.45) is 2.33. The molecule has 1 amide bonds. The number of aliphatic hydroxyl groups is 2. The fourth-order valence-corrected chi connectivity index (χ4v) is 3.32. The summed E-state index contributed by atoms with van der Waals surface area (Å²) in [6.45, 7) is 1.80. The number of aromatic nitrogens is 2. The summed E-state index contributed by atoms with van der Waals surface area (Å²) in [5, 5.41) is 23.6. The molecule has 1 aromatic heterocycles. The first kappa shape index (κ1) is 16.7. The van der Waals surface area contributed by atoms with Gasteiger partial charge in [0, 0.05) is 30.9 Å². The molecule has 2 heterocycles. The second-order valence-electron chi connectivity index (χ2n) is 6.12. The third-order valence-electron chi connectivity index (χ3n) is 4.64. The maximum Gasteiger partial charge on any atom is 0.256 e. The Balaban J connectivity index is 1.60. The van der Waals surface area contributed by atoms with Crippen LogP contribution in [0.2, 0.25) is 0 Å². The molecule has 2 aromatic rings. The van der Waals surface area contributed by atoms with E-state index in [1.54, 1.807) is 23.2 Å². The first-order valence-electron chi connectivity index (χ1n) is 8.35. The Morgan fingerprint density at radius 2 is 1.92 bits per heavy atom. The van der Waals surface area contributed by atoms with E-state index in [9.17, 15) is 9.90 Å². The molecule has 0 spiro atoms. The first-order valence-corrected chi connectivity index (χ1v) is 8.35. The summed E-state index contributed by atoms with van der Waals surface area (Å²) < 4.78 is 1.83. The van der Waals surface area contributed by atoms with E-state index in [0.717, 1.165) is 18.5 Å². The summed E-state index contributed by atoms with van der Waals surface area (Å²) in [6, 6.07) is 11.0. The van der Waals surface area contributed by atoms with Crippen molar-refractivity contribution in [3.05, 3.63) is 53.9 Å². The van der Waals surface area contributed by atoms with E-state index in [-0.39, 0.29) is 12.5 Å². The summed E-state index contributed by atoms with van der Waals surface area (Å²) in [4.78, 5) is 14.2. The van der Waals surface area contributed by atoms with Gasteiger partial charge in [-0.25, -0.2) is 0 Å². The lowest BCUT2D eigenvalue weighted by Crippen LogP contribution is -2.41. The Labute approximate surface area is 141 Å². The van der Waals surface area contributed by atoms with Crippen LogP contribution in [0.4, 0.5) is 0 Å². The molecule has 2 N–H and O–H groups in total. The van der Waals surface area contributed by atoms with Gasteiger partial charge < -0.3 is 15.1 Å². The minimum Gasteiger partial charge on any atom is -0.394 e. The molecule has 0 aliphatic carbocycles. The average Bonchev–Trinajstić information content (AvgIpc) is 3.10. The van der Waals surface area contributed by atoms with Gasteiger partial charge in [-0.15, -0.1) is 0 Å². The van der Waals surface area contributed by atoms with Crippen LogP contribution >= 0.6 is 0 Å². The van der Waals surface area contributed by atoms with Gasteiger partial charge in [0.2, 0.25) is 0 Å². The third-order valence-corrected chi connectivity index (χ3v) is 4.64. The minimum absolute atomic E-state index is 0.0648. The highest BCUT2D eigenvalue weighted by Gasteiger charge is 2.29. The highest BCUT2D eigenvalue weighted by Crippen LogP contribution is 2.29. The zero-order valence-electron chi connectivity index (χ0n) is 13.6. The average molecular weight is 329 g/mol. The van der Waals surface area contributed by atoms with Crippen molar-refractivity contribution in [2.75, 3.05) is 19.7 Å². The van der Waals surface area contributed by atoms with Crippen LogP contribution in [0.3, 0.4) is 0 Å². The van der Waals surface area contributed by atoms with Crippen molar-refractivity contribution < 1.29 is 15.0 Å². The predicted molar refractivity (Wildman–Crippen MR) is 89.3 cm³/mol.